The molecule has 1 aliphatic heterocycles. The van der Waals surface area contributed by atoms with Crippen molar-refractivity contribution in [3.05, 3.63) is 46.5 Å². The summed E-state index contributed by atoms with van der Waals surface area (Å²) >= 11 is 5.98. The Morgan fingerprint density at radius 2 is 1.66 bits per heavy atom. The molecule has 0 spiro atoms. The monoisotopic (exact) mass is 580 g/mol. The smallest absolute Gasteiger partial charge is 0.496 e. The van der Waals surface area contributed by atoms with Gasteiger partial charge in [-0.2, -0.15) is 21.6 Å². The zero-order valence-electron chi connectivity index (χ0n) is 20.4. The number of amides is 2. The minimum atomic E-state index is -5.98. The zero-order chi connectivity index (χ0) is 28.3. The number of carbonyl (C=O) groups excluding carboxylic acids is 2. The second-order valence-corrected chi connectivity index (χ2v) is 10.1. The average Bonchev–Trinajstić information content (AvgIpc) is 2.98. The summed E-state index contributed by atoms with van der Waals surface area (Å²) in [5, 5.41) is 2.55. The number of ether oxygens (including phenoxy) is 3. The molecule has 38 heavy (non-hydrogen) atoms. The highest BCUT2D eigenvalue weighted by atomic mass is 35.5. The molecule has 3 rings (SSSR count). The molecule has 0 unspecified atom stereocenters. The first-order chi connectivity index (χ1) is 17.8. The number of benzene rings is 2. The number of nitrogens with zero attached hydrogens (tertiary/aromatic N) is 1. The maximum Gasteiger partial charge on any atom is 0.534 e. The number of rotatable bonds is 9. The summed E-state index contributed by atoms with van der Waals surface area (Å²) in [5.41, 5.74) is -5.25. The summed E-state index contributed by atoms with van der Waals surface area (Å²) in [5.74, 6) is -1.48. The maximum absolute atomic E-state index is 12.9. The summed E-state index contributed by atoms with van der Waals surface area (Å²) in [6.45, 7) is -0.541. The van der Waals surface area contributed by atoms with Crippen molar-refractivity contribution in [3.63, 3.8) is 0 Å². The van der Waals surface area contributed by atoms with E-state index in [1.54, 1.807) is 12.1 Å². The van der Waals surface area contributed by atoms with Crippen LogP contribution in [0.3, 0.4) is 0 Å². The molecule has 2 aromatic carbocycles. The predicted octanol–water partition coefficient (Wildman–Crippen LogP) is 2.91. The van der Waals surface area contributed by atoms with Crippen molar-refractivity contribution in [1.29, 1.82) is 0 Å². The van der Waals surface area contributed by atoms with Crippen LogP contribution in [0.25, 0.3) is 0 Å². The molecule has 10 nitrogen and oxygen atoms in total. The lowest BCUT2D eigenvalue weighted by Gasteiger charge is -2.26. The van der Waals surface area contributed by atoms with E-state index in [0.29, 0.717) is 22.8 Å². The largest absolute Gasteiger partial charge is 0.534 e. The Morgan fingerprint density at radius 3 is 2.21 bits per heavy atom. The lowest BCUT2D eigenvalue weighted by Crippen LogP contribution is -2.36. The van der Waals surface area contributed by atoms with Gasteiger partial charge < -0.3 is 28.6 Å². The van der Waals surface area contributed by atoms with Crippen LogP contribution in [0.1, 0.15) is 11.1 Å². The van der Waals surface area contributed by atoms with Crippen LogP contribution < -0.4 is 23.7 Å². The van der Waals surface area contributed by atoms with Crippen molar-refractivity contribution in [2.45, 2.75) is 18.5 Å². The van der Waals surface area contributed by atoms with Crippen LogP contribution in [0.4, 0.5) is 13.2 Å². The van der Waals surface area contributed by atoms with E-state index in [9.17, 15) is 31.2 Å². The molecular weight excluding hydrogens is 557 g/mol. The lowest BCUT2D eigenvalue weighted by molar-refractivity contribution is -0.130. The molecular formula is C23H24ClF3N2O8S. The number of nitrogens with one attached hydrogen (secondary N) is 1. The average molecular weight is 581 g/mol. The van der Waals surface area contributed by atoms with Gasteiger partial charge in [0.1, 0.15) is 23.0 Å². The second-order valence-electron chi connectivity index (χ2n) is 8.14. The van der Waals surface area contributed by atoms with E-state index in [-0.39, 0.29) is 36.6 Å². The Morgan fingerprint density at radius 1 is 1.03 bits per heavy atom. The molecule has 1 N–H and O–H groups in total. The zero-order valence-corrected chi connectivity index (χ0v) is 22.0. The molecule has 1 aliphatic rings. The minimum Gasteiger partial charge on any atom is -0.496 e. The molecule has 208 valence electrons. The highest BCUT2D eigenvalue weighted by Crippen LogP contribution is 2.36. The molecule has 1 saturated heterocycles. The molecule has 1 atom stereocenters. The van der Waals surface area contributed by atoms with Crippen molar-refractivity contribution in [2.75, 3.05) is 34.4 Å². The summed E-state index contributed by atoms with van der Waals surface area (Å²) in [7, 11) is -1.67. The number of hydrogen-bond acceptors (Lipinski definition) is 8. The van der Waals surface area contributed by atoms with Gasteiger partial charge in [0.05, 0.1) is 45.9 Å². The van der Waals surface area contributed by atoms with Crippen molar-refractivity contribution in [3.8, 4) is 23.0 Å². The van der Waals surface area contributed by atoms with E-state index < -0.39 is 39.1 Å². The molecule has 1 heterocycles. The van der Waals surface area contributed by atoms with Crippen LogP contribution in [-0.4, -0.2) is 65.1 Å². The molecule has 0 bridgehead atoms. The van der Waals surface area contributed by atoms with E-state index in [2.05, 4.69) is 9.50 Å². The van der Waals surface area contributed by atoms with Gasteiger partial charge in [-0.1, -0.05) is 11.6 Å². The van der Waals surface area contributed by atoms with Gasteiger partial charge in [0, 0.05) is 23.7 Å². The highest BCUT2D eigenvalue weighted by molar-refractivity contribution is 7.88. The number of hydrogen-bond donors (Lipinski definition) is 1. The van der Waals surface area contributed by atoms with E-state index >= 15 is 0 Å². The second kappa shape index (κ2) is 11.6. The van der Waals surface area contributed by atoms with Crippen LogP contribution in [-0.2, 0) is 32.7 Å². The Labute approximate surface area is 221 Å². The number of halogens is 4. The third kappa shape index (κ3) is 6.54. The van der Waals surface area contributed by atoms with Crippen molar-refractivity contribution in [1.82, 2.24) is 10.2 Å². The fraction of sp³-hybridized carbons (Fsp3) is 0.391. The summed E-state index contributed by atoms with van der Waals surface area (Å²) in [4.78, 5) is 27.0. The summed E-state index contributed by atoms with van der Waals surface area (Å²) in [6.07, 6.45) is -0.282. The van der Waals surface area contributed by atoms with Gasteiger partial charge in [0.15, 0.2) is 0 Å². The molecule has 2 aromatic rings. The van der Waals surface area contributed by atoms with Gasteiger partial charge in [-0.05, 0) is 30.2 Å². The topological polar surface area (TPSA) is 120 Å². The fourth-order valence-electron chi connectivity index (χ4n) is 3.82. The van der Waals surface area contributed by atoms with Crippen molar-refractivity contribution in [2.24, 2.45) is 5.92 Å². The normalized spacial score (nSPS) is 16.5. The van der Waals surface area contributed by atoms with Crippen LogP contribution >= 0.6 is 11.6 Å². The van der Waals surface area contributed by atoms with Crippen molar-refractivity contribution >= 4 is 33.5 Å². The standard InChI is InChI=1S/C23H24ClF3N2O8S/c1-34-16-8-19(35-2)17(20(9-16)36-3)12-29-11-14(22(31)28-10-21(29)30)6-13-7-15(24)4-5-18(13)37-38(32,33)23(25,26)27/h4-5,7-9,14H,6,10-12H2,1-3H3,(H,28,31)/t14-/m1/s1. The molecule has 0 aromatic heterocycles. The van der Waals surface area contributed by atoms with Crippen molar-refractivity contribution < 1.29 is 49.6 Å². The number of methoxy groups -OCH3 is 3. The van der Waals surface area contributed by atoms with Crippen LogP contribution in [0.5, 0.6) is 23.0 Å². The van der Waals surface area contributed by atoms with Gasteiger partial charge in [0.2, 0.25) is 11.8 Å². The molecule has 0 radical (unpaired) electrons. The van der Waals surface area contributed by atoms with Gasteiger partial charge in [-0.25, -0.2) is 0 Å². The first-order valence-corrected chi connectivity index (χ1v) is 12.7. The first kappa shape index (κ1) is 29.2. The maximum atomic E-state index is 12.9. The molecule has 0 aliphatic carbocycles. The number of alkyl halides is 3. The van der Waals surface area contributed by atoms with Gasteiger partial charge in [-0.3, -0.25) is 9.59 Å². The first-order valence-electron chi connectivity index (χ1n) is 10.9. The lowest BCUT2D eigenvalue weighted by atomic mass is 9.97. The highest BCUT2D eigenvalue weighted by Gasteiger charge is 2.49. The van der Waals surface area contributed by atoms with E-state index in [4.69, 9.17) is 25.8 Å². The third-order valence-corrected chi connectivity index (χ3v) is 6.92. The predicted molar refractivity (Wildman–Crippen MR) is 129 cm³/mol. The molecule has 0 saturated carbocycles. The number of carbonyl (C=O) groups is 2. The van der Waals surface area contributed by atoms with Crippen LogP contribution in [0.15, 0.2) is 30.3 Å². The molecule has 15 heteroatoms. The van der Waals surface area contributed by atoms with Gasteiger partial charge >= 0.3 is 15.6 Å². The van der Waals surface area contributed by atoms with Crippen LogP contribution in [0, 0.1) is 5.92 Å². The Kier molecular flexibility index (Phi) is 8.87. The Hall–Kier alpha value is -3.39. The van der Waals surface area contributed by atoms with E-state index in [1.807, 2.05) is 0 Å². The molecule has 2 amide bonds. The molecule has 1 fully saturated rings. The van der Waals surface area contributed by atoms with Gasteiger partial charge in [-0.15, -0.1) is 0 Å². The third-order valence-electron chi connectivity index (χ3n) is 5.72. The summed E-state index contributed by atoms with van der Waals surface area (Å²) < 4.78 is 82.3. The minimum absolute atomic E-state index is 0.0397. The SMILES string of the molecule is COc1cc(OC)c(CN2C[C@@H](Cc3cc(Cl)ccc3OS(=O)(=O)C(F)(F)F)C(=O)NCC2=O)c(OC)c1. The fourth-order valence-corrected chi connectivity index (χ4v) is 4.51. The van der Waals surface area contributed by atoms with Crippen LogP contribution in [0.2, 0.25) is 5.02 Å². The van der Waals surface area contributed by atoms with E-state index in [0.717, 1.165) is 12.1 Å². The Balaban J connectivity index is 1.94. The summed E-state index contributed by atoms with van der Waals surface area (Å²) in [6, 6.07) is 6.50. The Bertz CT molecular complexity index is 1300. The quantitative estimate of drug-likeness (QED) is 0.355. The van der Waals surface area contributed by atoms with E-state index in [1.165, 1.54) is 32.3 Å². The van der Waals surface area contributed by atoms with Gasteiger partial charge in [0.25, 0.3) is 0 Å².